The van der Waals surface area contributed by atoms with Gasteiger partial charge in [-0.2, -0.15) is 15.2 Å². The highest BCUT2D eigenvalue weighted by Gasteiger charge is 2.36. The minimum absolute atomic E-state index is 0.00546. The molecule has 1 N–H and O–H groups in total. The largest absolute Gasteiger partial charge is 0.462 e. The standard InChI is InChI=1S/C30H35FN8O3/c1-19(31)29(41)39-12-11-38(15-21(39)8-9-32)28-24-16-37(14-20-5-3-7-25-23(20)13-27(40)33-25)17-26(24)34-30(35-28)42-18-22-6-4-10-36(22)2/h3,5,7,21-22H,1,4,6,8,10-18H2,2H3,(H,33,40)/t21-,22-/m0/s1. The van der Waals surface area contributed by atoms with Crippen LogP contribution in [0.1, 0.15) is 41.6 Å². The third-order valence-corrected chi connectivity index (χ3v) is 8.76. The molecule has 2 amide bonds. The van der Waals surface area contributed by atoms with E-state index < -0.39 is 17.8 Å². The van der Waals surface area contributed by atoms with Crippen molar-refractivity contribution in [2.24, 2.45) is 0 Å². The van der Waals surface area contributed by atoms with Gasteiger partial charge in [-0.3, -0.25) is 14.5 Å². The van der Waals surface area contributed by atoms with Crippen molar-refractivity contribution in [1.29, 1.82) is 5.26 Å². The molecular formula is C30H35FN8O3. The Morgan fingerprint density at radius 2 is 2.07 bits per heavy atom. The minimum Gasteiger partial charge on any atom is -0.462 e. The number of aromatic nitrogens is 2. The molecule has 220 valence electrons. The van der Waals surface area contributed by atoms with Gasteiger partial charge in [0.25, 0.3) is 5.91 Å². The summed E-state index contributed by atoms with van der Waals surface area (Å²) < 4.78 is 19.9. The van der Waals surface area contributed by atoms with E-state index in [4.69, 9.17) is 14.7 Å². The Hall–Kier alpha value is -4.08. The SMILES string of the molecule is C=C(F)C(=O)N1CCN(c2nc(OC[C@@H]3CCCN3C)nc3c2CN(Cc2cccc4c2CC(=O)N4)C3)C[C@@H]1CC#N. The first-order valence-corrected chi connectivity index (χ1v) is 14.4. The fourth-order valence-electron chi connectivity index (χ4n) is 6.53. The lowest BCUT2D eigenvalue weighted by molar-refractivity contribution is -0.131. The van der Waals surface area contributed by atoms with Gasteiger partial charge in [-0.05, 0) is 43.6 Å². The van der Waals surface area contributed by atoms with Crippen LogP contribution in [-0.4, -0.2) is 88.4 Å². The van der Waals surface area contributed by atoms with E-state index in [9.17, 15) is 19.2 Å². The van der Waals surface area contributed by atoms with Gasteiger partial charge in [0.15, 0.2) is 5.83 Å². The van der Waals surface area contributed by atoms with E-state index in [-0.39, 0.29) is 18.9 Å². The number of nitrogens with zero attached hydrogens (tertiary/aromatic N) is 7. The van der Waals surface area contributed by atoms with Crippen LogP contribution in [0, 0.1) is 11.3 Å². The van der Waals surface area contributed by atoms with Crippen LogP contribution in [0.4, 0.5) is 15.9 Å². The molecule has 1 aromatic carbocycles. The molecule has 0 spiro atoms. The number of rotatable bonds is 8. The molecule has 6 rings (SSSR count). The molecule has 0 unspecified atom stereocenters. The first-order valence-electron chi connectivity index (χ1n) is 14.4. The fourth-order valence-corrected chi connectivity index (χ4v) is 6.53. The van der Waals surface area contributed by atoms with Crippen molar-refractivity contribution < 1.29 is 18.7 Å². The summed E-state index contributed by atoms with van der Waals surface area (Å²) in [5, 5.41) is 12.4. The zero-order valence-corrected chi connectivity index (χ0v) is 23.8. The van der Waals surface area contributed by atoms with Gasteiger partial charge in [0, 0.05) is 56.6 Å². The average molecular weight is 575 g/mol. The first-order chi connectivity index (χ1) is 20.3. The van der Waals surface area contributed by atoms with Crippen molar-refractivity contribution in [3.05, 3.63) is 53.0 Å². The molecule has 2 saturated heterocycles. The maximum Gasteiger partial charge on any atom is 0.318 e. The number of nitrogens with one attached hydrogen (secondary N) is 1. The predicted molar refractivity (Wildman–Crippen MR) is 153 cm³/mol. The Kier molecular flexibility index (Phi) is 7.79. The van der Waals surface area contributed by atoms with Crippen molar-refractivity contribution in [2.45, 2.75) is 57.4 Å². The monoisotopic (exact) mass is 574 g/mol. The van der Waals surface area contributed by atoms with Gasteiger partial charge in [-0.1, -0.05) is 18.7 Å². The number of benzene rings is 1. The zero-order chi connectivity index (χ0) is 29.4. The minimum atomic E-state index is -1.03. The Morgan fingerprint density at radius 3 is 2.83 bits per heavy atom. The summed E-state index contributed by atoms with van der Waals surface area (Å²) in [4.78, 5) is 42.2. The second kappa shape index (κ2) is 11.7. The molecule has 2 aromatic rings. The van der Waals surface area contributed by atoms with E-state index in [1.54, 1.807) is 0 Å². The predicted octanol–water partition coefficient (Wildman–Crippen LogP) is 2.37. The van der Waals surface area contributed by atoms with E-state index in [1.165, 1.54) is 4.90 Å². The van der Waals surface area contributed by atoms with Gasteiger partial charge < -0.3 is 24.8 Å². The topological polar surface area (TPSA) is 118 Å². The lowest BCUT2D eigenvalue weighted by Gasteiger charge is -2.41. The van der Waals surface area contributed by atoms with Gasteiger partial charge in [0.2, 0.25) is 5.91 Å². The fraction of sp³-hybridized carbons (Fsp3) is 0.500. The number of ether oxygens (including phenoxy) is 1. The Bertz CT molecular complexity index is 1460. The number of hydrogen-bond donors (Lipinski definition) is 1. The third-order valence-electron chi connectivity index (χ3n) is 8.76. The maximum atomic E-state index is 13.8. The molecule has 11 nitrogen and oxygen atoms in total. The molecule has 2 fully saturated rings. The molecule has 0 saturated carbocycles. The molecule has 0 radical (unpaired) electrons. The van der Waals surface area contributed by atoms with Gasteiger partial charge in [0.1, 0.15) is 12.4 Å². The number of likely N-dealkylation sites (tertiary alicyclic amines) is 1. The molecule has 5 heterocycles. The third kappa shape index (κ3) is 5.54. The Balaban J connectivity index is 1.27. The second-order valence-electron chi connectivity index (χ2n) is 11.5. The second-order valence-corrected chi connectivity index (χ2v) is 11.5. The van der Waals surface area contributed by atoms with Crippen molar-refractivity contribution in [2.75, 3.05) is 50.1 Å². The van der Waals surface area contributed by atoms with Crippen LogP contribution in [0.25, 0.3) is 0 Å². The van der Waals surface area contributed by atoms with E-state index >= 15 is 0 Å². The Labute approximate surface area is 244 Å². The van der Waals surface area contributed by atoms with Crippen LogP contribution in [0.3, 0.4) is 0 Å². The summed E-state index contributed by atoms with van der Waals surface area (Å²) in [6, 6.07) is 8.21. The number of piperazine rings is 1. The van der Waals surface area contributed by atoms with Crippen LogP contribution in [0.15, 0.2) is 30.6 Å². The van der Waals surface area contributed by atoms with Gasteiger partial charge in [0.05, 0.1) is 30.6 Å². The Morgan fingerprint density at radius 1 is 1.21 bits per heavy atom. The number of carbonyl (C=O) groups is 2. The lowest BCUT2D eigenvalue weighted by atomic mass is 10.0. The molecule has 2 atom stereocenters. The van der Waals surface area contributed by atoms with Crippen LogP contribution < -0.4 is 15.0 Å². The molecule has 0 aliphatic carbocycles. The molecule has 0 bridgehead atoms. The summed E-state index contributed by atoms with van der Waals surface area (Å²) in [7, 11) is 2.10. The van der Waals surface area contributed by atoms with Crippen molar-refractivity contribution in [1.82, 2.24) is 24.7 Å². The molecule has 1 aromatic heterocycles. The normalized spacial score (nSPS) is 22.1. The van der Waals surface area contributed by atoms with Crippen molar-refractivity contribution >= 4 is 23.3 Å². The average Bonchev–Trinajstić information content (AvgIpc) is 3.68. The van der Waals surface area contributed by atoms with E-state index in [0.29, 0.717) is 57.8 Å². The molecule has 4 aliphatic heterocycles. The van der Waals surface area contributed by atoms with E-state index in [1.807, 2.05) is 12.1 Å². The molecular weight excluding hydrogens is 539 g/mol. The smallest absolute Gasteiger partial charge is 0.318 e. The van der Waals surface area contributed by atoms with Gasteiger partial charge >= 0.3 is 6.01 Å². The number of carbonyl (C=O) groups excluding carboxylic acids is 2. The van der Waals surface area contributed by atoms with Crippen LogP contribution in [-0.2, 0) is 35.6 Å². The number of hydrogen-bond acceptors (Lipinski definition) is 9. The summed E-state index contributed by atoms with van der Waals surface area (Å²) in [6.45, 7) is 7.55. The molecule has 4 aliphatic rings. The van der Waals surface area contributed by atoms with Gasteiger partial charge in [-0.15, -0.1) is 0 Å². The molecule has 12 heteroatoms. The molecule has 42 heavy (non-hydrogen) atoms. The summed E-state index contributed by atoms with van der Waals surface area (Å²) in [5.74, 6) is -1.07. The van der Waals surface area contributed by atoms with Crippen LogP contribution in [0.5, 0.6) is 6.01 Å². The van der Waals surface area contributed by atoms with Crippen LogP contribution in [0.2, 0.25) is 0 Å². The van der Waals surface area contributed by atoms with E-state index in [0.717, 1.165) is 53.3 Å². The first kappa shape index (κ1) is 28.1. The number of nitriles is 1. The highest BCUT2D eigenvalue weighted by molar-refractivity contribution is 5.99. The summed E-state index contributed by atoms with van der Waals surface area (Å²) in [6.07, 6.45) is 2.64. The number of amides is 2. The van der Waals surface area contributed by atoms with Gasteiger partial charge in [-0.25, -0.2) is 4.39 Å². The van der Waals surface area contributed by atoms with Crippen molar-refractivity contribution in [3.8, 4) is 12.1 Å². The number of fused-ring (bicyclic) bond motifs is 2. The van der Waals surface area contributed by atoms with E-state index in [2.05, 4.69) is 45.8 Å². The summed E-state index contributed by atoms with van der Waals surface area (Å²) in [5.41, 5.74) is 4.86. The quantitative estimate of drug-likeness (QED) is 0.474. The highest BCUT2D eigenvalue weighted by atomic mass is 19.1. The zero-order valence-electron chi connectivity index (χ0n) is 23.8. The summed E-state index contributed by atoms with van der Waals surface area (Å²) >= 11 is 0. The lowest BCUT2D eigenvalue weighted by Crippen LogP contribution is -2.55. The van der Waals surface area contributed by atoms with Crippen molar-refractivity contribution in [3.63, 3.8) is 0 Å². The number of halogens is 1. The number of likely N-dealkylation sites (N-methyl/N-ethyl adjacent to an activating group) is 1. The van der Waals surface area contributed by atoms with Crippen LogP contribution >= 0.6 is 0 Å². The maximum absolute atomic E-state index is 13.8. The highest BCUT2D eigenvalue weighted by Crippen LogP contribution is 2.35. The number of anilines is 2.